The van der Waals surface area contributed by atoms with Crippen LogP contribution in [-0.4, -0.2) is 42.5 Å². The Morgan fingerprint density at radius 3 is 2.45 bits per heavy atom. The summed E-state index contributed by atoms with van der Waals surface area (Å²) in [5.74, 6) is 2.33. The average Bonchev–Trinajstić information content (AvgIpc) is 3.37. The fourth-order valence-corrected chi connectivity index (χ4v) is 3.61. The van der Waals surface area contributed by atoms with Crippen molar-refractivity contribution in [3.05, 3.63) is 53.2 Å². The SMILES string of the molecule is CN=C(NCc1ncc(C(C)(C)C)o1)NCC(c1ccc(C)cc1)N1CCCC1. The number of aryl methyl sites for hydroxylation is 1. The third kappa shape index (κ3) is 5.82. The summed E-state index contributed by atoms with van der Waals surface area (Å²) in [7, 11) is 1.79. The maximum atomic E-state index is 5.87. The molecule has 1 aliphatic heterocycles. The number of aliphatic imine (C=N–C) groups is 1. The molecule has 0 radical (unpaired) electrons. The molecular formula is C23H35N5O. The maximum absolute atomic E-state index is 5.87. The van der Waals surface area contributed by atoms with E-state index < -0.39 is 0 Å². The van der Waals surface area contributed by atoms with E-state index in [0.29, 0.717) is 18.5 Å². The predicted octanol–water partition coefficient (Wildman–Crippen LogP) is 3.78. The normalized spacial score (nSPS) is 16.8. The molecule has 2 heterocycles. The Morgan fingerprint density at radius 2 is 1.86 bits per heavy atom. The zero-order valence-corrected chi connectivity index (χ0v) is 18.5. The molecular weight excluding hydrogens is 362 g/mol. The van der Waals surface area contributed by atoms with Crippen LogP contribution < -0.4 is 10.6 Å². The van der Waals surface area contributed by atoms with Gasteiger partial charge in [0.25, 0.3) is 0 Å². The number of oxazole rings is 1. The van der Waals surface area contributed by atoms with Crippen LogP contribution in [0.4, 0.5) is 0 Å². The lowest BCUT2D eigenvalue weighted by Crippen LogP contribution is -2.42. The van der Waals surface area contributed by atoms with E-state index in [0.717, 1.165) is 31.4 Å². The number of guanidine groups is 1. The summed E-state index contributed by atoms with van der Waals surface area (Å²) in [6, 6.07) is 9.22. The molecule has 6 nitrogen and oxygen atoms in total. The lowest BCUT2D eigenvalue weighted by Gasteiger charge is -2.29. The molecule has 1 atom stereocenters. The molecule has 1 unspecified atom stereocenters. The minimum absolute atomic E-state index is 0.0395. The minimum Gasteiger partial charge on any atom is -0.443 e. The van der Waals surface area contributed by atoms with Gasteiger partial charge < -0.3 is 15.1 Å². The van der Waals surface area contributed by atoms with Crippen molar-refractivity contribution in [2.45, 2.75) is 58.5 Å². The van der Waals surface area contributed by atoms with Crippen LogP contribution in [0, 0.1) is 6.92 Å². The molecule has 0 saturated carbocycles. The number of benzene rings is 1. The Balaban J connectivity index is 1.59. The predicted molar refractivity (Wildman–Crippen MR) is 118 cm³/mol. The first-order valence-electron chi connectivity index (χ1n) is 10.6. The highest BCUT2D eigenvalue weighted by molar-refractivity contribution is 5.79. The van der Waals surface area contributed by atoms with Crippen LogP contribution in [0.5, 0.6) is 0 Å². The molecule has 29 heavy (non-hydrogen) atoms. The Morgan fingerprint density at radius 1 is 1.17 bits per heavy atom. The molecule has 2 N–H and O–H groups in total. The topological polar surface area (TPSA) is 65.7 Å². The van der Waals surface area contributed by atoms with E-state index in [4.69, 9.17) is 4.42 Å². The summed E-state index contributed by atoms with van der Waals surface area (Å²) in [6.45, 7) is 12.1. The van der Waals surface area contributed by atoms with Gasteiger partial charge in [-0.3, -0.25) is 9.89 Å². The van der Waals surface area contributed by atoms with Crippen LogP contribution in [-0.2, 0) is 12.0 Å². The molecule has 1 saturated heterocycles. The van der Waals surface area contributed by atoms with Gasteiger partial charge in [-0.1, -0.05) is 50.6 Å². The standard InChI is InChI=1S/C23H35N5O/c1-17-8-10-18(11-9-17)19(28-12-6-7-13-28)14-26-22(24-5)27-16-21-25-15-20(29-21)23(2,3)4/h8-11,15,19H,6-7,12-14,16H2,1-5H3,(H2,24,26,27). The zero-order chi connectivity index (χ0) is 20.9. The second-order valence-corrected chi connectivity index (χ2v) is 8.84. The third-order valence-electron chi connectivity index (χ3n) is 5.43. The molecule has 0 spiro atoms. The van der Waals surface area contributed by atoms with Gasteiger partial charge in [0.1, 0.15) is 5.76 Å². The summed E-state index contributed by atoms with van der Waals surface area (Å²) in [5.41, 5.74) is 2.60. The number of likely N-dealkylation sites (tertiary alicyclic amines) is 1. The van der Waals surface area contributed by atoms with Crippen LogP contribution in [0.25, 0.3) is 0 Å². The lowest BCUT2D eigenvalue weighted by molar-refractivity contribution is 0.245. The van der Waals surface area contributed by atoms with Crippen molar-refractivity contribution in [1.29, 1.82) is 0 Å². The molecule has 1 fully saturated rings. The first-order chi connectivity index (χ1) is 13.9. The summed E-state index contributed by atoms with van der Waals surface area (Å²) < 4.78 is 5.87. The van der Waals surface area contributed by atoms with Crippen molar-refractivity contribution in [1.82, 2.24) is 20.5 Å². The van der Waals surface area contributed by atoms with Gasteiger partial charge in [-0.2, -0.15) is 0 Å². The molecule has 2 aromatic rings. The fraction of sp³-hybridized carbons (Fsp3) is 0.565. The second-order valence-electron chi connectivity index (χ2n) is 8.84. The number of rotatable bonds is 6. The molecule has 6 heteroatoms. The van der Waals surface area contributed by atoms with Crippen molar-refractivity contribution < 1.29 is 4.42 Å². The van der Waals surface area contributed by atoms with E-state index in [1.54, 1.807) is 7.05 Å². The van der Waals surface area contributed by atoms with Crippen molar-refractivity contribution in [3.63, 3.8) is 0 Å². The van der Waals surface area contributed by atoms with Crippen LogP contribution in [0.15, 0.2) is 39.9 Å². The number of aromatic nitrogens is 1. The van der Waals surface area contributed by atoms with E-state index in [-0.39, 0.29) is 5.41 Å². The van der Waals surface area contributed by atoms with E-state index in [2.05, 4.69) is 77.5 Å². The van der Waals surface area contributed by atoms with Gasteiger partial charge in [0.05, 0.1) is 18.8 Å². The van der Waals surface area contributed by atoms with Gasteiger partial charge in [0.2, 0.25) is 5.89 Å². The Hall–Kier alpha value is -2.34. The third-order valence-corrected chi connectivity index (χ3v) is 5.43. The summed E-state index contributed by atoms with van der Waals surface area (Å²) >= 11 is 0. The largest absolute Gasteiger partial charge is 0.443 e. The molecule has 1 aromatic heterocycles. The van der Waals surface area contributed by atoms with Crippen molar-refractivity contribution in [2.75, 3.05) is 26.7 Å². The quantitative estimate of drug-likeness (QED) is 0.574. The maximum Gasteiger partial charge on any atom is 0.213 e. The summed E-state index contributed by atoms with van der Waals surface area (Å²) in [5, 5.41) is 6.82. The Labute approximate surface area is 174 Å². The van der Waals surface area contributed by atoms with Crippen LogP contribution in [0.1, 0.15) is 62.4 Å². The molecule has 158 valence electrons. The fourth-order valence-electron chi connectivity index (χ4n) is 3.61. The Kier molecular flexibility index (Phi) is 6.96. The lowest BCUT2D eigenvalue weighted by atomic mass is 9.94. The van der Waals surface area contributed by atoms with Crippen LogP contribution >= 0.6 is 0 Å². The molecule has 0 aliphatic carbocycles. The van der Waals surface area contributed by atoms with E-state index in [1.807, 2.05) is 6.20 Å². The van der Waals surface area contributed by atoms with Gasteiger partial charge in [-0.05, 0) is 38.4 Å². The number of nitrogens with one attached hydrogen (secondary N) is 2. The highest BCUT2D eigenvalue weighted by atomic mass is 16.4. The molecule has 3 rings (SSSR count). The van der Waals surface area contributed by atoms with Gasteiger partial charge >= 0.3 is 0 Å². The first kappa shape index (κ1) is 21.4. The van der Waals surface area contributed by atoms with Crippen LogP contribution in [0.2, 0.25) is 0 Å². The first-order valence-corrected chi connectivity index (χ1v) is 10.6. The van der Waals surface area contributed by atoms with E-state index in [9.17, 15) is 0 Å². The summed E-state index contributed by atoms with van der Waals surface area (Å²) in [6.07, 6.45) is 4.36. The minimum atomic E-state index is -0.0395. The summed E-state index contributed by atoms with van der Waals surface area (Å²) in [4.78, 5) is 11.3. The van der Waals surface area contributed by atoms with E-state index in [1.165, 1.54) is 24.0 Å². The zero-order valence-electron chi connectivity index (χ0n) is 18.5. The number of hydrogen-bond acceptors (Lipinski definition) is 4. The molecule has 0 bridgehead atoms. The van der Waals surface area contributed by atoms with Gasteiger partial charge in [0, 0.05) is 19.0 Å². The molecule has 1 aliphatic rings. The van der Waals surface area contributed by atoms with Crippen molar-refractivity contribution >= 4 is 5.96 Å². The van der Waals surface area contributed by atoms with Crippen molar-refractivity contribution in [3.8, 4) is 0 Å². The monoisotopic (exact) mass is 397 g/mol. The molecule has 0 amide bonds. The highest BCUT2D eigenvalue weighted by Crippen LogP contribution is 2.25. The van der Waals surface area contributed by atoms with Crippen LogP contribution in [0.3, 0.4) is 0 Å². The Bertz CT molecular complexity index is 797. The number of hydrogen-bond donors (Lipinski definition) is 2. The van der Waals surface area contributed by atoms with E-state index >= 15 is 0 Å². The van der Waals surface area contributed by atoms with Crippen molar-refractivity contribution in [2.24, 2.45) is 4.99 Å². The smallest absolute Gasteiger partial charge is 0.213 e. The van der Waals surface area contributed by atoms with Gasteiger partial charge in [-0.15, -0.1) is 0 Å². The number of nitrogens with zero attached hydrogens (tertiary/aromatic N) is 3. The van der Waals surface area contributed by atoms with Gasteiger partial charge in [-0.25, -0.2) is 4.98 Å². The second kappa shape index (κ2) is 9.44. The van der Waals surface area contributed by atoms with Gasteiger partial charge in [0.15, 0.2) is 5.96 Å². The molecule has 1 aromatic carbocycles. The average molecular weight is 398 g/mol. The highest BCUT2D eigenvalue weighted by Gasteiger charge is 2.24.